The summed E-state index contributed by atoms with van der Waals surface area (Å²) in [6.45, 7) is 0. The second kappa shape index (κ2) is 4.14. The fraction of sp³-hybridized carbons (Fsp3) is 0.222. The Morgan fingerprint density at radius 3 is 2.77 bits per heavy atom. The van der Waals surface area contributed by atoms with Gasteiger partial charge in [-0.25, -0.2) is 4.79 Å². The van der Waals surface area contributed by atoms with E-state index in [0.717, 1.165) is 0 Å². The van der Waals surface area contributed by atoms with Gasteiger partial charge >= 0.3 is 5.97 Å². The maximum Gasteiger partial charge on any atom is 0.338 e. The van der Waals surface area contributed by atoms with E-state index < -0.39 is 5.97 Å². The molecule has 0 aliphatic rings. The molecular weight excluding hydrogens is 190 g/mol. The number of hydrogen-bond acceptors (Lipinski definition) is 2. The molecule has 1 aromatic rings. The molecule has 0 unspecified atom stereocenters. The maximum atomic E-state index is 10.8. The Hall–Kier alpha value is -1.22. The van der Waals surface area contributed by atoms with Crippen LogP contribution in [0.4, 0.5) is 5.69 Å². The number of halogens is 1. The molecule has 0 bridgehead atoms. The lowest BCUT2D eigenvalue weighted by atomic mass is 10.0. The molecular formula is C9H10ClNO2. The van der Waals surface area contributed by atoms with Crippen molar-refractivity contribution in [1.82, 2.24) is 0 Å². The molecule has 0 atom stereocenters. The summed E-state index contributed by atoms with van der Waals surface area (Å²) >= 11 is 5.53. The molecule has 70 valence electrons. The maximum absolute atomic E-state index is 10.8. The fourth-order valence-electron chi connectivity index (χ4n) is 1.19. The van der Waals surface area contributed by atoms with Gasteiger partial charge in [-0.1, -0.05) is 12.1 Å². The number of rotatable bonds is 3. The third kappa shape index (κ3) is 2.12. The van der Waals surface area contributed by atoms with E-state index in [1.165, 1.54) is 0 Å². The molecule has 0 fully saturated rings. The number of carbonyl (C=O) groups is 1. The number of aromatic carboxylic acids is 1. The Bertz CT molecular complexity index is 325. The van der Waals surface area contributed by atoms with Crippen LogP contribution >= 0.6 is 11.6 Å². The quantitative estimate of drug-likeness (QED) is 0.576. The van der Waals surface area contributed by atoms with Gasteiger partial charge in [0.1, 0.15) is 0 Å². The number of carboxylic acids is 1. The number of benzene rings is 1. The van der Waals surface area contributed by atoms with E-state index in [0.29, 0.717) is 17.9 Å². The highest BCUT2D eigenvalue weighted by Gasteiger charge is 2.12. The molecule has 3 nitrogen and oxygen atoms in total. The third-order valence-electron chi connectivity index (χ3n) is 1.76. The highest BCUT2D eigenvalue weighted by molar-refractivity contribution is 6.18. The average molecular weight is 200 g/mol. The molecule has 4 heteroatoms. The number of aryl methyl sites for hydroxylation is 1. The number of hydrogen-bond donors (Lipinski definition) is 2. The van der Waals surface area contributed by atoms with Crippen LogP contribution in [0.25, 0.3) is 0 Å². The number of nitrogens with two attached hydrogens (primary N) is 1. The van der Waals surface area contributed by atoms with Gasteiger partial charge in [-0.05, 0) is 18.1 Å². The van der Waals surface area contributed by atoms with Gasteiger partial charge in [0.2, 0.25) is 0 Å². The minimum Gasteiger partial charge on any atom is -0.478 e. The zero-order chi connectivity index (χ0) is 9.84. The summed E-state index contributed by atoms with van der Waals surface area (Å²) in [5.74, 6) is -0.609. The monoisotopic (exact) mass is 199 g/mol. The fourth-order valence-corrected chi connectivity index (χ4v) is 1.39. The zero-order valence-electron chi connectivity index (χ0n) is 6.96. The largest absolute Gasteiger partial charge is 0.478 e. The van der Waals surface area contributed by atoms with Crippen LogP contribution in [0.15, 0.2) is 18.2 Å². The van der Waals surface area contributed by atoms with E-state index in [4.69, 9.17) is 22.4 Å². The molecule has 3 N–H and O–H groups in total. The van der Waals surface area contributed by atoms with E-state index in [2.05, 4.69) is 0 Å². The molecule has 0 aliphatic heterocycles. The zero-order valence-corrected chi connectivity index (χ0v) is 7.71. The summed E-state index contributed by atoms with van der Waals surface area (Å²) in [4.78, 5) is 10.8. The van der Waals surface area contributed by atoms with Gasteiger partial charge in [-0.2, -0.15) is 0 Å². The Labute approximate surface area is 81.1 Å². The van der Waals surface area contributed by atoms with E-state index in [9.17, 15) is 4.79 Å². The van der Waals surface area contributed by atoms with Crippen molar-refractivity contribution in [2.75, 3.05) is 11.6 Å². The Morgan fingerprint density at radius 2 is 2.23 bits per heavy atom. The first kappa shape index (κ1) is 9.86. The number of nitrogen functional groups attached to an aromatic ring is 1. The number of anilines is 1. The topological polar surface area (TPSA) is 63.3 Å². The summed E-state index contributed by atoms with van der Waals surface area (Å²) < 4.78 is 0. The minimum atomic E-state index is -1.00. The van der Waals surface area contributed by atoms with E-state index >= 15 is 0 Å². The van der Waals surface area contributed by atoms with Gasteiger partial charge in [0.25, 0.3) is 0 Å². The van der Waals surface area contributed by atoms with Gasteiger partial charge in [-0.3, -0.25) is 0 Å². The van der Waals surface area contributed by atoms with Crippen molar-refractivity contribution in [3.8, 4) is 0 Å². The molecule has 0 saturated heterocycles. The minimum absolute atomic E-state index is 0.170. The van der Waals surface area contributed by atoms with Crippen LogP contribution in [-0.4, -0.2) is 17.0 Å². The SMILES string of the molecule is Nc1cccc(CCCl)c1C(=O)O. The van der Waals surface area contributed by atoms with Crippen molar-refractivity contribution in [1.29, 1.82) is 0 Å². The molecule has 0 aromatic heterocycles. The van der Waals surface area contributed by atoms with Gasteiger partial charge in [0.05, 0.1) is 5.56 Å². The van der Waals surface area contributed by atoms with E-state index in [1.807, 2.05) is 0 Å². The smallest absolute Gasteiger partial charge is 0.338 e. The predicted octanol–water partition coefficient (Wildman–Crippen LogP) is 1.75. The van der Waals surface area contributed by atoms with Gasteiger partial charge < -0.3 is 10.8 Å². The summed E-state index contributed by atoms with van der Waals surface area (Å²) in [6.07, 6.45) is 0.522. The second-order valence-electron chi connectivity index (χ2n) is 2.63. The summed E-state index contributed by atoms with van der Waals surface area (Å²) in [5, 5.41) is 8.85. The van der Waals surface area contributed by atoms with Crippen LogP contribution in [0, 0.1) is 0 Å². The predicted molar refractivity (Wildman–Crippen MR) is 52.2 cm³/mol. The molecule has 0 radical (unpaired) electrons. The van der Waals surface area contributed by atoms with Gasteiger partial charge in [0.15, 0.2) is 0 Å². The Balaban J connectivity index is 3.17. The first-order valence-electron chi connectivity index (χ1n) is 3.83. The molecule has 0 spiro atoms. The van der Waals surface area contributed by atoms with E-state index in [-0.39, 0.29) is 11.3 Å². The molecule has 0 amide bonds. The van der Waals surface area contributed by atoms with Crippen molar-refractivity contribution < 1.29 is 9.90 Å². The van der Waals surface area contributed by atoms with Crippen molar-refractivity contribution in [2.24, 2.45) is 0 Å². The van der Waals surface area contributed by atoms with Crippen molar-refractivity contribution in [2.45, 2.75) is 6.42 Å². The van der Waals surface area contributed by atoms with Crippen LogP contribution < -0.4 is 5.73 Å². The highest BCUT2D eigenvalue weighted by Crippen LogP contribution is 2.17. The van der Waals surface area contributed by atoms with Gasteiger partial charge in [-0.15, -0.1) is 11.6 Å². The van der Waals surface area contributed by atoms with Crippen LogP contribution in [0.5, 0.6) is 0 Å². The van der Waals surface area contributed by atoms with Gasteiger partial charge in [0, 0.05) is 11.6 Å². The van der Waals surface area contributed by atoms with E-state index in [1.54, 1.807) is 18.2 Å². The standard InChI is InChI=1S/C9H10ClNO2/c10-5-4-6-2-1-3-7(11)8(6)9(12)13/h1-3H,4-5,11H2,(H,12,13). The molecule has 1 aromatic carbocycles. The van der Waals surface area contributed by atoms with Crippen molar-refractivity contribution >= 4 is 23.3 Å². The summed E-state index contributed by atoms with van der Waals surface area (Å²) in [6, 6.07) is 5.02. The first-order valence-corrected chi connectivity index (χ1v) is 4.37. The summed E-state index contributed by atoms with van der Waals surface area (Å²) in [5.41, 5.74) is 6.67. The Kier molecular flexibility index (Phi) is 3.14. The molecule has 0 heterocycles. The lowest BCUT2D eigenvalue weighted by Gasteiger charge is -2.06. The van der Waals surface area contributed by atoms with Crippen LogP contribution in [0.1, 0.15) is 15.9 Å². The number of alkyl halides is 1. The lowest BCUT2D eigenvalue weighted by molar-refractivity contribution is 0.0697. The molecule has 0 aliphatic carbocycles. The van der Waals surface area contributed by atoms with Crippen molar-refractivity contribution in [3.63, 3.8) is 0 Å². The molecule has 1 rings (SSSR count). The van der Waals surface area contributed by atoms with Crippen LogP contribution in [0.2, 0.25) is 0 Å². The Morgan fingerprint density at radius 1 is 1.54 bits per heavy atom. The number of carboxylic acid groups (broad SMARTS) is 1. The lowest BCUT2D eigenvalue weighted by Crippen LogP contribution is -2.07. The van der Waals surface area contributed by atoms with Crippen LogP contribution in [0.3, 0.4) is 0 Å². The average Bonchev–Trinajstić information content (AvgIpc) is 2.04. The second-order valence-corrected chi connectivity index (χ2v) is 3.00. The molecule has 0 saturated carbocycles. The van der Waals surface area contributed by atoms with Crippen molar-refractivity contribution in [3.05, 3.63) is 29.3 Å². The first-order chi connectivity index (χ1) is 6.16. The highest BCUT2D eigenvalue weighted by atomic mass is 35.5. The normalized spacial score (nSPS) is 9.92. The summed E-state index contributed by atoms with van der Waals surface area (Å²) in [7, 11) is 0. The molecule has 13 heavy (non-hydrogen) atoms. The third-order valence-corrected chi connectivity index (χ3v) is 1.95. The van der Waals surface area contributed by atoms with Crippen LogP contribution in [-0.2, 0) is 6.42 Å².